The van der Waals surface area contributed by atoms with Gasteiger partial charge in [-0.05, 0) is 62.3 Å². The minimum atomic E-state index is 0.710. The maximum absolute atomic E-state index is 9.56. The van der Waals surface area contributed by atoms with Crippen LogP contribution in [0.25, 0.3) is 0 Å². The summed E-state index contributed by atoms with van der Waals surface area (Å²) in [6.45, 7) is 8.64. The number of thiophene rings is 1. The van der Waals surface area contributed by atoms with Crippen molar-refractivity contribution in [1.29, 1.82) is 5.26 Å². The Morgan fingerprint density at radius 1 is 1.28 bits per heavy atom. The highest BCUT2D eigenvalue weighted by atomic mass is 32.1. The molecule has 1 aromatic heterocycles. The van der Waals surface area contributed by atoms with Gasteiger partial charge in [0, 0.05) is 29.9 Å². The van der Waals surface area contributed by atoms with Gasteiger partial charge in [0.2, 0.25) is 0 Å². The van der Waals surface area contributed by atoms with Crippen LogP contribution in [0.4, 0.5) is 10.7 Å². The number of hydrogen-bond donors (Lipinski definition) is 0. The Kier molecular flexibility index (Phi) is 5.55. The molecule has 0 saturated heterocycles. The number of aliphatic imine (C=N–C) groups is 1. The SMILES string of the molecule is CCN(CC)c1ccc(C=Nc2sc3c(c2C#N)CCC(C)C3)cc1. The van der Waals surface area contributed by atoms with Gasteiger partial charge in [0.1, 0.15) is 11.1 Å². The van der Waals surface area contributed by atoms with Crippen LogP contribution in [0.5, 0.6) is 0 Å². The monoisotopic (exact) mass is 351 g/mol. The Morgan fingerprint density at radius 2 is 2.00 bits per heavy atom. The molecule has 0 spiro atoms. The highest BCUT2D eigenvalue weighted by molar-refractivity contribution is 7.16. The normalized spacial score (nSPS) is 16.6. The van der Waals surface area contributed by atoms with Gasteiger partial charge in [-0.25, -0.2) is 4.99 Å². The van der Waals surface area contributed by atoms with Crippen molar-refractivity contribution in [2.75, 3.05) is 18.0 Å². The number of benzene rings is 1. The molecular weight excluding hydrogens is 326 g/mol. The van der Waals surface area contributed by atoms with Crippen LogP contribution in [-0.4, -0.2) is 19.3 Å². The van der Waals surface area contributed by atoms with Crippen molar-refractivity contribution in [1.82, 2.24) is 0 Å². The van der Waals surface area contributed by atoms with Crippen molar-refractivity contribution >= 4 is 28.2 Å². The van der Waals surface area contributed by atoms with E-state index in [9.17, 15) is 5.26 Å². The lowest BCUT2D eigenvalue weighted by Crippen LogP contribution is -2.21. The summed E-state index contributed by atoms with van der Waals surface area (Å²) >= 11 is 1.70. The number of hydrogen-bond acceptors (Lipinski definition) is 4. The zero-order valence-electron chi connectivity index (χ0n) is 15.2. The quantitative estimate of drug-likeness (QED) is 0.682. The molecule has 1 atom stereocenters. The lowest BCUT2D eigenvalue weighted by Gasteiger charge is -2.20. The van der Waals surface area contributed by atoms with Gasteiger partial charge in [-0.3, -0.25) is 0 Å². The molecule has 25 heavy (non-hydrogen) atoms. The number of nitrogens with zero attached hydrogens (tertiary/aromatic N) is 3. The molecule has 1 heterocycles. The molecule has 1 aromatic carbocycles. The molecule has 1 aliphatic rings. The van der Waals surface area contributed by atoms with Crippen molar-refractivity contribution in [3.8, 4) is 6.07 Å². The third kappa shape index (κ3) is 3.77. The maximum Gasteiger partial charge on any atom is 0.134 e. The number of fused-ring (bicyclic) bond motifs is 1. The van der Waals surface area contributed by atoms with Crippen LogP contribution in [0.3, 0.4) is 0 Å². The van der Waals surface area contributed by atoms with Crippen molar-refractivity contribution in [3.05, 3.63) is 45.8 Å². The second-order valence-electron chi connectivity index (χ2n) is 6.67. The van der Waals surface area contributed by atoms with E-state index in [4.69, 9.17) is 0 Å². The summed E-state index contributed by atoms with van der Waals surface area (Å²) in [7, 11) is 0. The third-order valence-electron chi connectivity index (χ3n) is 4.96. The van der Waals surface area contributed by atoms with Crippen molar-refractivity contribution in [2.45, 2.75) is 40.0 Å². The molecule has 0 N–H and O–H groups in total. The smallest absolute Gasteiger partial charge is 0.134 e. The van der Waals surface area contributed by atoms with E-state index in [1.165, 1.54) is 22.5 Å². The van der Waals surface area contributed by atoms with Crippen LogP contribution >= 0.6 is 11.3 Å². The van der Waals surface area contributed by atoms with Gasteiger partial charge < -0.3 is 4.90 Å². The second kappa shape index (κ2) is 7.84. The van der Waals surface area contributed by atoms with Crippen LogP contribution in [0.2, 0.25) is 0 Å². The second-order valence-corrected chi connectivity index (χ2v) is 7.75. The van der Waals surface area contributed by atoms with Crippen molar-refractivity contribution in [2.24, 2.45) is 10.9 Å². The molecule has 130 valence electrons. The fourth-order valence-electron chi connectivity index (χ4n) is 3.44. The first-order valence-corrected chi connectivity index (χ1v) is 9.91. The molecule has 4 heteroatoms. The first-order valence-electron chi connectivity index (χ1n) is 9.09. The molecule has 0 amide bonds. The summed E-state index contributed by atoms with van der Waals surface area (Å²) in [5.74, 6) is 0.710. The maximum atomic E-state index is 9.56. The summed E-state index contributed by atoms with van der Waals surface area (Å²) in [6, 6.07) is 10.9. The molecule has 3 nitrogen and oxygen atoms in total. The molecule has 1 aliphatic carbocycles. The summed E-state index contributed by atoms with van der Waals surface area (Å²) in [5.41, 5.74) is 4.34. The van der Waals surface area contributed by atoms with Crippen molar-refractivity contribution in [3.63, 3.8) is 0 Å². The minimum absolute atomic E-state index is 0.710. The van der Waals surface area contributed by atoms with E-state index in [0.717, 1.165) is 42.1 Å². The predicted molar refractivity (Wildman–Crippen MR) is 107 cm³/mol. The average Bonchev–Trinajstić information content (AvgIpc) is 2.98. The van der Waals surface area contributed by atoms with Crippen LogP contribution in [-0.2, 0) is 12.8 Å². The fraction of sp³-hybridized carbons (Fsp3) is 0.429. The first kappa shape index (κ1) is 17.7. The van der Waals surface area contributed by atoms with Gasteiger partial charge in [0.15, 0.2) is 0 Å². The zero-order chi connectivity index (χ0) is 17.8. The molecule has 1 unspecified atom stereocenters. The summed E-state index contributed by atoms with van der Waals surface area (Å²) in [5, 5.41) is 10.4. The van der Waals surface area contributed by atoms with Crippen LogP contribution in [0, 0.1) is 17.2 Å². The van der Waals surface area contributed by atoms with E-state index in [-0.39, 0.29) is 0 Å². The number of rotatable bonds is 5. The van der Waals surface area contributed by atoms with Crippen LogP contribution in [0.1, 0.15) is 48.8 Å². The molecule has 0 radical (unpaired) electrons. The van der Waals surface area contributed by atoms with Gasteiger partial charge in [-0.2, -0.15) is 5.26 Å². The Hall–Kier alpha value is -2.12. The summed E-state index contributed by atoms with van der Waals surface area (Å²) in [4.78, 5) is 8.33. The molecule has 3 rings (SSSR count). The summed E-state index contributed by atoms with van der Waals surface area (Å²) in [6.07, 6.45) is 5.16. The third-order valence-corrected chi connectivity index (χ3v) is 6.12. The Bertz CT molecular complexity index is 792. The van der Waals surface area contributed by atoms with Crippen LogP contribution < -0.4 is 4.90 Å². The lowest BCUT2D eigenvalue weighted by atomic mass is 9.89. The standard InChI is InChI=1S/C21H25N3S/c1-4-24(5-2)17-9-7-16(8-10-17)14-23-21-19(13-22)18-11-6-15(3)12-20(18)25-21/h7-10,14-15H,4-6,11-12H2,1-3H3. The zero-order valence-corrected chi connectivity index (χ0v) is 16.1. The van der Waals surface area contributed by atoms with Gasteiger partial charge in [0.25, 0.3) is 0 Å². The molecular formula is C21H25N3S. The van der Waals surface area contributed by atoms with E-state index in [2.05, 4.69) is 61.0 Å². The topological polar surface area (TPSA) is 39.4 Å². The predicted octanol–water partition coefficient (Wildman–Crippen LogP) is 5.34. The Morgan fingerprint density at radius 3 is 2.64 bits per heavy atom. The van der Waals surface area contributed by atoms with E-state index in [1.807, 2.05) is 6.21 Å². The lowest BCUT2D eigenvalue weighted by molar-refractivity contribution is 0.507. The Labute approximate surface area is 154 Å². The molecule has 0 bridgehead atoms. The van der Waals surface area contributed by atoms with Gasteiger partial charge in [-0.15, -0.1) is 11.3 Å². The summed E-state index contributed by atoms with van der Waals surface area (Å²) < 4.78 is 0. The number of nitriles is 1. The van der Waals surface area contributed by atoms with Gasteiger partial charge in [0.05, 0.1) is 5.56 Å². The molecule has 0 saturated carbocycles. The number of anilines is 1. The minimum Gasteiger partial charge on any atom is -0.372 e. The average molecular weight is 352 g/mol. The van der Waals surface area contributed by atoms with Gasteiger partial charge in [-0.1, -0.05) is 19.1 Å². The highest BCUT2D eigenvalue weighted by Gasteiger charge is 2.23. The van der Waals surface area contributed by atoms with E-state index < -0.39 is 0 Å². The first-order chi connectivity index (χ1) is 12.2. The van der Waals surface area contributed by atoms with Crippen LogP contribution in [0.15, 0.2) is 29.3 Å². The molecule has 0 aliphatic heterocycles. The van der Waals surface area contributed by atoms with E-state index >= 15 is 0 Å². The van der Waals surface area contributed by atoms with Gasteiger partial charge >= 0.3 is 0 Å². The Balaban J connectivity index is 1.82. The van der Waals surface area contributed by atoms with Crippen molar-refractivity contribution < 1.29 is 0 Å². The highest BCUT2D eigenvalue weighted by Crippen LogP contribution is 2.40. The molecule has 2 aromatic rings. The van der Waals surface area contributed by atoms with E-state index in [1.54, 1.807) is 11.3 Å². The fourth-order valence-corrected chi connectivity index (χ4v) is 4.74. The largest absolute Gasteiger partial charge is 0.372 e. The van der Waals surface area contributed by atoms with E-state index in [0.29, 0.717) is 5.92 Å². The molecule has 0 fully saturated rings.